The summed E-state index contributed by atoms with van der Waals surface area (Å²) < 4.78 is 0. The van der Waals surface area contributed by atoms with E-state index in [1.165, 1.54) is 0 Å². The molecule has 2 aliphatic rings. The van der Waals surface area contributed by atoms with Gasteiger partial charge in [-0.05, 0) is 18.3 Å². The molecular weight excluding hydrogens is 220 g/mol. The molecular formula is C13H18O4. The van der Waals surface area contributed by atoms with E-state index in [1.807, 2.05) is 20.8 Å². The number of carboxylic acids is 1. The van der Waals surface area contributed by atoms with Crippen LogP contribution in [0.3, 0.4) is 0 Å². The van der Waals surface area contributed by atoms with Crippen LogP contribution in [0.5, 0.6) is 0 Å². The Bertz CT molecular complexity index is 394. The quantitative estimate of drug-likeness (QED) is 0.559. The monoisotopic (exact) mass is 238 g/mol. The van der Waals surface area contributed by atoms with Crippen LogP contribution in [0.4, 0.5) is 0 Å². The van der Waals surface area contributed by atoms with E-state index in [4.69, 9.17) is 5.11 Å². The van der Waals surface area contributed by atoms with Gasteiger partial charge in [0.2, 0.25) is 11.6 Å². The summed E-state index contributed by atoms with van der Waals surface area (Å²) >= 11 is 0. The molecule has 2 aliphatic carbocycles. The van der Waals surface area contributed by atoms with E-state index < -0.39 is 5.97 Å². The van der Waals surface area contributed by atoms with Crippen molar-refractivity contribution in [1.82, 2.24) is 0 Å². The lowest BCUT2D eigenvalue weighted by Crippen LogP contribution is -2.33. The van der Waals surface area contributed by atoms with Crippen LogP contribution in [-0.4, -0.2) is 22.6 Å². The summed E-state index contributed by atoms with van der Waals surface area (Å²) in [7, 11) is 0. The maximum atomic E-state index is 11.6. The molecule has 0 saturated heterocycles. The molecule has 2 saturated carbocycles. The van der Waals surface area contributed by atoms with Crippen molar-refractivity contribution in [3.63, 3.8) is 0 Å². The van der Waals surface area contributed by atoms with Crippen LogP contribution in [0.1, 0.15) is 33.6 Å². The fraction of sp³-hybridized carbons (Fsp3) is 0.615. The number of carboxylic acid groups (broad SMARTS) is 1. The number of hydrogen-bond donors (Lipinski definition) is 1. The summed E-state index contributed by atoms with van der Waals surface area (Å²) in [6.45, 7) is 9.00. The summed E-state index contributed by atoms with van der Waals surface area (Å²) in [4.78, 5) is 32.2. The zero-order valence-electron chi connectivity index (χ0n) is 10.4. The summed E-state index contributed by atoms with van der Waals surface area (Å²) in [6, 6.07) is 0. The number of fused-ring (bicyclic) bond motifs is 2. The van der Waals surface area contributed by atoms with Crippen LogP contribution in [0.15, 0.2) is 12.7 Å². The Morgan fingerprint density at radius 1 is 1.41 bits per heavy atom. The largest absolute Gasteiger partial charge is 0.478 e. The standard InChI is InChI=1S/C10H14O2.C3H4O2/c1-9(2)6-4-5-10(9,3)8(12)7(6)11;1-2-3(4)5/h6H,4-5H2,1-3H3;2H,1H2,(H,4,5). The molecule has 0 heterocycles. The zero-order chi connectivity index (χ0) is 13.4. The van der Waals surface area contributed by atoms with Crippen molar-refractivity contribution in [2.45, 2.75) is 33.6 Å². The van der Waals surface area contributed by atoms with Gasteiger partial charge in [-0.25, -0.2) is 4.79 Å². The Hall–Kier alpha value is -1.45. The van der Waals surface area contributed by atoms with Crippen molar-refractivity contribution in [2.75, 3.05) is 0 Å². The molecule has 2 rings (SSSR count). The highest BCUT2D eigenvalue weighted by atomic mass is 16.4. The molecule has 2 unspecified atom stereocenters. The van der Waals surface area contributed by atoms with Gasteiger partial charge in [0.25, 0.3) is 0 Å². The van der Waals surface area contributed by atoms with Crippen molar-refractivity contribution in [1.29, 1.82) is 0 Å². The molecule has 0 radical (unpaired) electrons. The van der Waals surface area contributed by atoms with Crippen LogP contribution in [0, 0.1) is 16.7 Å². The van der Waals surface area contributed by atoms with Crippen molar-refractivity contribution in [2.24, 2.45) is 16.7 Å². The zero-order valence-corrected chi connectivity index (χ0v) is 10.4. The van der Waals surface area contributed by atoms with E-state index in [1.54, 1.807) is 0 Å². The first kappa shape index (κ1) is 13.6. The van der Waals surface area contributed by atoms with Crippen LogP contribution >= 0.6 is 0 Å². The van der Waals surface area contributed by atoms with Gasteiger partial charge in [0.05, 0.1) is 0 Å². The Morgan fingerprint density at radius 3 is 2.06 bits per heavy atom. The lowest BCUT2D eigenvalue weighted by molar-refractivity contribution is -0.141. The highest BCUT2D eigenvalue weighted by molar-refractivity contribution is 6.43. The first-order valence-electron chi connectivity index (χ1n) is 5.62. The highest BCUT2D eigenvalue weighted by Crippen LogP contribution is 2.61. The van der Waals surface area contributed by atoms with E-state index in [-0.39, 0.29) is 28.3 Å². The molecule has 17 heavy (non-hydrogen) atoms. The second-order valence-corrected chi connectivity index (χ2v) is 5.38. The lowest BCUT2D eigenvalue weighted by atomic mass is 9.70. The summed E-state index contributed by atoms with van der Waals surface area (Å²) in [5.41, 5.74) is -0.448. The van der Waals surface area contributed by atoms with Gasteiger partial charge in [-0.2, -0.15) is 0 Å². The molecule has 0 aliphatic heterocycles. The minimum atomic E-state index is -0.981. The number of Topliss-reactive ketones (excluding diaryl/α,β-unsaturated/α-hetero) is 2. The van der Waals surface area contributed by atoms with Crippen molar-refractivity contribution in [3.05, 3.63) is 12.7 Å². The molecule has 4 heteroatoms. The molecule has 0 amide bonds. The van der Waals surface area contributed by atoms with Crippen LogP contribution < -0.4 is 0 Å². The van der Waals surface area contributed by atoms with Gasteiger partial charge >= 0.3 is 5.97 Å². The Labute approximate surface area is 101 Å². The smallest absolute Gasteiger partial charge is 0.327 e. The molecule has 4 nitrogen and oxygen atoms in total. The van der Waals surface area contributed by atoms with Gasteiger partial charge in [0, 0.05) is 17.4 Å². The highest BCUT2D eigenvalue weighted by Gasteiger charge is 2.66. The van der Waals surface area contributed by atoms with Gasteiger partial charge in [-0.3, -0.25) is 9.59 Å². The molecule has 0 aromatic carbocycles. The van der Waals surface area contributed by atoms with Crippen LogP contribution in [-0.2, 0) is 14.4 Å². The minimum absolute atomic E-state index is 0.00926. The number of carbonyl (C=O) groups is 3. The van der Waals surface area contributed by atoms with Gasteiger partial charge in [-0.15, -0.1) is 0 Å². The third-order valence-electron chi connectivity index (χ3n) is 4.44. The maximum absolute atomic E-state index is 11.6. The van der Waals surface area contributed by atoms with Crippen molar-refractivity contribution >= 4 is 17.5 Å². The number of carbonyl (C=O) groups excluding carboxylic acids is 2. The predicted octanol–water partition coefficient (Wildman–Crippen LogP) is 1.84. The fourth-order valence-corrected chi connectivity index (χ4v) is 2.80. The number of hydrogen-bond acceptors (Lipinski definition) is 3. The van der Waals surface area contributed by atoms with E-state index in [2.05, 4.69) is 6.58 Å². The van der Waals surface area contributed by atoms with E-state index in [0.717, 1.165) is 18.9 Å². The predicted molar refractivity (Wildman–Crippen MR) is 62.5 cm³/mol. The third kappa shape index (κ3) is 1.81. The van der Waals surface area contributed by atoms with E-state index >= 15 is 0 Å². The number of ketones is 2. The van der Waals surface area contributed by atoms with Crippen molar-refractivity contribution < 1.29 is 19.5 Å². The first-order chi connectivity index (χ1) is 7.68. The molecule has 0 aromatic heterocycles. The second-order valence-electron chi connectivity index (χ2n) is 5.38. The Morgan fingerprint density at radius 2 is 1.88 bits per heavy atom. The fourth-order valence-electron chi connectivity index (χ4n) is 2.80. The average molecular weight is 238 g/mol. The van der Waals surface area contributed by atoms with E-state index in [9.17, 15) is 14.4 Å². The summed E-state index contributed by atoms with van der Waals surface area (Å²) in [5.74, 6) is -1.21. The van der Waals surface area contributed by atoms with Gasteiger partial charge in [0.15, 0.2) is 0 Å². The van der Waals surface area contributed by atoms with Gasteiger partial charge < -0.3 is 5.11 Å². The molecule has 0 aromatic rings. The third-order valence-corrected chi connectivity index (χ3v) is 4.44. The first-order valence-corrected chi connectivity index (χ1v) is 5.62. The summed E-state index contributed by atoms with van der Waals surface area (Å²) in [6.07, 6.45) is 2.64. The normalized spacial score (nSPS) is 33.0. The average Bonchev–Trinajstić information content (AvgIpc) is 2.55. The number of aliphatic carboxylic acids is 1. The molecule has 2 atom stereocenters. The van der Waals surface area contributed by atoms with Gasteiger partial charge in [0.1, 0.15) is 0 Å². The van der Waals surface area contributed by atoms with Crippen LogP contribution in [0.2, 0.25) is 0 Å². The van der Waals surface area contributed by atoms with Crippen molar-refractivity contribution in [3.8, 4) is 0 Å². The minimum Gasteiger partial charge on any atom is -0.478 e. The Balaban J connectivity index is 0.000000249. The van der Waals surface area contributed by atoms with Crippen LogP contribution in [0.25, 0.3) is 0 Å². The lowest BCUT2D eigenvalue weighted by Gasteiger charge is -2.31. The van der Waals surface area contributed by atoms with E-state index in [0.29, 0.717) is 0 Å². The SMILES string of the molecule is C=CC(=O)O.CC12CCC(C(=O)C1=O)C2(C)C. The molecule has 0 spiro atoms. The summed E-state index contributed by atoms with van der Waals surface area (Å²) in [5, 5.41) is 7.60. The molecule has 1 N–H and O–H groups in total. The molecule has 2 bridgehead atoms. The topological polar surface area (TPSA) is 71.4 Å². The molecule has 2 fully saturated rings. The van der Waals surface area contributed by atoms with Gasteiger partial charge in [-0.1, -0.05) is 27.4 Å². The molecule has 94 valence electrons. The Kier molecular flexibility index (Phi) is 3.28. The number of rotatable bonds is 1. The maximum Gasteiger partial charge on any atom is 0.327 e. The second kappa shape index (κ2) is 4.09.